The molecule has 110 valence electrons. The molecule has 2 rings (SSSR count). The van der Waals surface area contributed by atoms with E-state index >= 15 is 0 Å². The first-order chi connectivity index (χ1) is 9.29. The molecule has 0 aliphatic heterocycles. The Balaban J connectivity index is 2.27. The van der Waals surface area contributed by atoms with E-state index in [9.17, 15) is 4.79 Å². The lowest BCUT2D eigenvalue weighted by Crippen LogP contribution is -2.38. The van der Waals surface area contributed by atoms with E-state index in [-0.39, 0.29) is 23.4 Å². The molecule has 0 fully saturated rings. The van der Waals surface area contributed by atoms with Crippen molar-refractivity contribution in [2.24, 2.45) is 11.1 Å². The smallest absolute Gasteiger partial charge is 0.225 e. The van der Waals surface area contributed by atoms with Gasteiger partial charge in [-0.1, -0.05) is 39.0 Å². The Hall–Kier alpha value is -1.35. The molecule has 2 unspecified atom stereocenters. The molecule has 0 heterocycles. The summed E-state index contributed by atoms with van der Waals surface area (Å²) in [5, 5.41) is 3.20. The van der Waals surface area contributed by atoms with Gasteiger partial charge in [-0.05, 0) is 42.9 Å². The molecule has 0 saturated carbocycles. The molecular weight excluding hydrogens is 248 g/mol. The van der Waals surface area contributed by atoms with Crippen LogP contribution in [0.3, 0.4) is 0 Å². The first kappa shape index (κ1) is 15.0. The van der Waals surface area contributed by atoms with E-state index < -0.39 is 0 Å². The lowest BCUT2D eigenvalue weighted by Gasteiger charge is -2.30. The monoisotopic (exact) mass is 274 g/mol. The van der Waals surface area contributed by atoms with Crippen molar-refractivity contribution in [1.29, 1.82) is 0 Å². The molecule has 0 spiro atoms. The highest BCUT2D eigenvalue weighted by Crippen LogP contribution is 2.32. The van der Waals surface area contributed by atoms with Crippen LogP contribution in [0.15, 0.2) is 18.2 Å². The number of carbonyl (C=O) groups excluding carboxylic acids is 1. The summed E-state index contributed by atoms with van der Waals surface area (Å²) >= 11 is 0. The molecule has 2 atom stereocenters. The van der Waals surface area contributed by atoms with Crippen LogP contribution in [0.5, 0.6) is 0 Å². The van der Waals surface area contributed by atoms with Gasteiger partial charge in [-0.25, -0.2) is 0 Å². The predicted molar refractivity (Wildman–Crippen MR) is 82.3 cm³/mol. The van der Waals surface area contributed by atoms with Gasteiger partial charge in [0.2, 0.25) is 5.91 Å². The zero-order chi connectivity index (χ0) is 14.9. The van der Waals surface area contributed by atoms with Gasteiger partial charge in [-0.15, -0.1) is 0 Å². The average molecular weight is 274 g/mol. The van der Waals surface area contributed by atoms with Gasteiger partial charge < -0.3 is 11.1 Å². The molecule has 3 nitrogen and oxygen atoms in total. The summed E-state index contributed by atoms with van der Waals surface area (Å²) in [5.74, 6) is 0.113. The number of nitrogens with one attached hydrogen (secondary N) is 1. The van der Waals surface area contributed by atoms with Crippen LogP contribution < -0.4 is 11.1 Å². The molecule has 1 aromatic rings. The Labute approximate surface area is 121 Å². The number of carbonyl (C=O) groups is 1. The molecule has 0 radical (unpaired) electrons. The minimum absolute atomic E-state index is 0.0289. The largest absolute Gasteiger partial charge is 0.349 e. The molecule has 1 amide bonds. The zero-order valence-corrected chi connectivity index (χ0v) is 13.0. The first-order valence-corrected chi connectivity index (χ1v) is 7.48. The molecule has 1 aliphatic rings. The van der Waals surface area contributed by atoms with Gasteiger partial charge in [0.05, 0.1) is 6.04 Å². The van der Waals surface area contributed by atoms with Crippen LogP contribution in [0.1, 0.15) is 69.3 Å². The molecule has 0 bridgehead atoms. The Kier molecular flexibility index (Phi) is 4.19. The summed E-state index contributed by atoms with van der Waals surface area (Å²) in [6, 6.07) is 6.61. The molecular formula is C17H26N2O. The van der Waals surface area contributed by atoms with E-state index in [0.717, 1.165) is 24.8 Å². The molecule has 3 heteroatoms. The van der Waals surface area contributed by atoms with Gasteiger partial charge in [0, 0.05) is 11.5 Å². The number of hydrogen-bond acceptors (Lipinski definition) is 2. The van der Waals surface area contributed by atoms with Gasteiger partial charge in [0.1, 0.15) is 0 Å². The van der Waals surface area contributed by atoms with Crippen LogP contribution in [0.4, 0.5) is 0 Å². The first-order valence-electron chi connectivity index (χ1n) is 7.48. The van der Waals surface area contributed by atoms with Crippen LogP contribution in [0.2, 0.25) is 0 Å². The molecule has 1 aromatic carbocycles. The van der Waals surface area contributed by atoms with E-state index in [1.54, 1.807) is 0 Å². The van der Waals surface area contributed by atoms with E-state index in [4.69, 9.17) is 5.73 Å². The summed E-state index contributed by atoms with van der Waals surface area (Å²) in [5.41, 5.74) is 9.36. The summed E-state index contributed by atoms with van der Waals surface area (Å²) in [6.45, 7) is 7.84. The Morgan fingerprint density at radius 1 is 1.40 bits per heavy atom. The number of hydrogen-bond donors (Lipinski definition) is 2. The van der Waals surface area contributed by atoms with Crippen molar-refractivity contribution in [2.75, 3.05) is 0 Å². The number of amides is 1. The second-order valence-electron chi connectivity index (χ2n) is 6.92. The van der Waals surface area contributed by atoms with Gasteiger partial charge in [-0.2, -0.15) is 0 Å². The lowest BCUT2D eigenvalue weighted by molar-refractivity contribution is -0.129. The lowest BCUT2D eigenvalue weighted by atomic mass is 9.85. The second kappa shape index (κ2) is 5.57. The molecule has 20 heavy (non-hydrogen) atoms. The van der Waals surface area contributed by atoms with Crippen LogP contribution in [-0.2, 0) is 11.2 Å². The van der Waals surface area contributed by atoms with E-state index in [1.807, 2.05) is 27.7 Å². The van der Waals surface area contributed by atoms with Gasteiger partial charge in [-0.3, -0.25) is 4.79 Å². The fourth-order valence-corrected chi connectivity index (χ4v) is 2.63. The summed E-state index contributed by atoms with van der Waals surface area (Å²) in [6.07, 6.45) is 3.23. The van der Waals surface area contributed by atoms with Crippen LogP contribution in [0.25, 0.3) is 0 Å². The highest BCUT2D eigenvalue weighted by Gasteiger charge is 2.27. The van der Waals surface area contributed by atoms with Crippen LogP contribution in [-0.4, -0.2) is 5.91 Å². The van der Waals surface area contributed by atoms with E-state index in [1.165, 1.54) is 11.1 Å². The summed E-state index contributed by atoms with van der Waals surface area (Å²) in [7, 11) is 0. The minimum Gasteiger partial charge on any atom is -0.349 e. The van der Waals surface area contributed by atoms with Crippen molar-refractivity contribution in [3.63, 3.8) is 0 Å². The SMILES string of the molecule is CC(N)c1ccc2c(c1)C(NC(=O)C(C)(C)C)CCC2. The molecule has 0 saturated heterocycles. The third kappa shape index (κ3) is 3.21. The number of aryl methyl sites for hydroxylation is 1. The maximum absolute atomic E-state index is 12.2. The second-order valence-corrected chi connectivity index (χ2v) is 6.92. The quantitative estimate of drug-likeness (QED) is 0.870. The van der Waals surface area contributed by atoms with Gasteiger partial charge in [0.25, 0.3) is 0 Å². The normalized spacial score (nSPS) is 20.1. The highest BCUT2D eigenvalue weighted by molar-refractivity contribution is 5.81. The van der Waals surface area contributed by atoms with Crippen LogP contribution in [0, 0.1) is 5.41 Å². The third-order valence-electron chi connectivity index (χ3n) is 4.00. The van der Waals surface area contributed by atoms with Crippen molar-refractivity contribution in [2.45, 2.75) is 59.0 Å². The van der Waals surface area contributed by atoms with Gasteiger partial charge >= 0.3 is 0 Å². The fourth-order valence-electron chi connectivity index (χ4n) is 2.63. The van der Waals surface area contributed by atoms with Crippen molar-refractivity contribution in [3.8, 4) is 0 Å². The number of nitrogens with two attached hydrogens (primary N) is 1. The Morgan fingerprint density at radius 3 is 2.70 bits per heavy atom. The van der Waals surface area contributed by atoms with Crippen molar-refractivity contribution < 1.29 is 4.79 Å². The van der Waals surface area contributed by atoms with Crippen molar-refractivity contribution in [3.05, 3.63) is 34.9 Å². The molecule has 3 N–H and O–H groups in total. The minimum atomic E-state index is -0.351. The van der Waals surface area contributed by atoms with Crippen molar-refractivity contribution >= 4 is 5.91 Å². The van der Waals surface area contributed by atoms with Crippen molar-refractivity contribution in [1.82, 2.24) is 5.32 Å². The van der Waals surface area contributed by atoms with E-state index in [2.05, 4.69) is 23.5 Å². The van der Waals surface area contributed by atoms with Gasteiger partial charge in [0.15, 0.2) is 0 Å². The Morgan fingerprint density at radius 2 is 2.10 bits per heavy atom. The maximum atomic E-state index is 12.2. The number of rotatable bonds is 2. The maximum Gasteiger partial charge on any atom is 0.225 e. The zero-order valence-electron chi connectivity index (χ0n) is 13.0. The average Bonchev–Trinajstić information content (AvgIpc) is 2.37. The summed E-state index contributed by atoms with van der Waals surface area (Å²) in [4.78, 5) is 12.2. The standard InChI is InChI=1S/C17H26N2O/c1-11(18)13-9-8-12-6-5-7-15(14(12)10-13)19-16(20)17(2,3)4/h8-11,15H,5-7,18H2,1-4H3,(H,19,20). The Bertz CT molecular complexity index is 500. The van der Waals surface area contributed by atoms with E-state index in [0.29, 0.717) is 0 Å². The topological polar surface area (TPSA) is 55.1 Å². The summed E-state index contributed by atoms with van der Waals surface area (Å²) < 4.78 is 0. The number of fused-ring (bicyclic) bond motifs is 1. The highest BCUT2D eigenvalue weighted by atomic mass is 16.2. The molecule has 1 aliphatic carbocycles. The fraction of sp³-hybridized carbons (Fsp3) is 0.588. The third-order valence-corrected chi connectivity index (χ3v) is 4.00. The predicted octanol–water partition coefficient (Wildman–Crippen LogP) is 3.25. The van der Waals surface area contributed by atoms with Crippen LogP contribution >= 0.6 is 0 Å². The molecule has 0 aromatic heterocycles. The number of benzene rings is 1.